The number of carbonyl (C=O) groups is 1. The van der Waals surface area contributed by atoms with Crippen LogP contribution in [0.5, 0.6) is 5.75 Å². The third kappa shape index (κ3) is 4.74. The number of oxazole rings is 1. The van der Waals surface area contributed by atoms with Gasteiger partial charge < -0.3 is 19.0 Å². The van der Waals surface area contributed by atoms with E-state index in [1.165, 1.54) is 16.8 Å². The van der Waals surface area contributed by atoms with Gasteiger partial charge in [0.05, 0.1) is 13.3 Å². The molecule has 31 heavy (non-hydrogen) atoms. The number of hydrogen-bond acceptors (Lipinski definition) is 5. The van der Waals surface area contributed by atoms with Crippen LogP contribution in [0.15, 0.2) is 53.1 Å². The minimum atomic E-state index is 0.154. The Balaban J connectivity index is 1.30. The number of anilines is 1. The Hall–Kier alpha value is -3.28. The van der Waals surface area contributed by atoms with E-state index in [-0.39, 0.29) is 5.91 Å². The predicted octanol–water partition coefficient (Wildman–Crippen LogP) is 4.25. The van der Waals surface area contributed by atoms with Crippen molar-refractivity contribution >= 4 is 11.6 Å². The van der Waals surface area contributed by atoms with Crippen LogP contribution in [0.3, 0.4) is 0 Å². The second-order valence-corrected chi connectivity index (χ2v) is 7.94. The lowest BCUT2D eigenvalue weighted by molar-refractivity contribution is -0.131. The number of aryl methyl sites for hydroxylation is 2. The lowest BCUT2D eigenvalue weighted by Crippen LogP contribution is -2.49. The summed E-state index contributed by atoms with van der Waals surface area (Å²) in [6.45, 7) is 7.50. The summed E-state index contributed by atoms with van der Waals surface area (Å²) in [5.41, 5.74) is 4.80. The van der Waals surface area contributed by atoms with Gasteiger partial charge in [-0.05, 0) is 43.2 Å². The zero-order chi connectivity index (χ0) is 21.8. The lowest BCUT2D eigenvalue weighted by atomic mass is 10.1. The molecule has 0 saturated carbocycles. The smallest absolute Gasteiger partial charge is 0.223 e. The van der Waals surface area contributed by atoms with Crippen LogP contribution in [0, 0.1) is 13.8 Å². The monoisotopic (exact) mass is 419 g/mol. The first-order valence-electron chi connectivity index (χ1n) is 10.7. The van der Waals surface area contributed by atoms with Crippen LogP contribution in [0.1, 0.15) is 23.4 Å². The molecule has 0 atom stereocenters. The molecule has 2 heterocycles. The number of nitrogens with zero attached hydrogens (tertiary/aromatic N) is 3. The van der Waals surface area contributed by atoms with Gasteiger partial charge in [0.25, 0.3) is 0 Å². The van der Waals surface area contributed by atoms with Crippen LogP contribution in [0.2, 0.25) is 0 Å². The summed E-state index contributed by atoms with van der Waals surface area (Å²) >= 11 is 0. The van der Waals surface area contributed by atoms with E-state index in [0.29, 0.717) is 24.5 Å². The van der Waals surface area contributed by atoms with Gasteiger partial charge in [-0.3, -0.25) is 4.79 Å². The van der Waals surface area contributed by atoms with E-state index in [1.807, 2.05) is 29.2 Å². The highest BCUT2D eigenvalue weighted by Crippen LogP contribution is 2.26. The highest BCUT2D eigenvalue weighted by molar-refractivity contribution is 5.76. The second-order valence-electron chi connectivity index (χ2n) is 7.94. The fourth-order valence-corrected chi connectivity index (χ4v) is 3.98. The van der Waals surface area contributed by atoms with Crippen molar-refractivity contribution < 1.29 is 13.9 Å². The van der Waals surface area contributed by atoms with Crippen molar-refractivity contribution in [2.24, 2.45) is 0 Å². The standard InChI is InChI=1S/C25H29N3O3/c1-18-6-4-9-22(19(18)2)27-12-14-28(15-13-27)25(29)11-10-24-26-17-23(31-24)20-7-5-8-21(16-20)30-3/h4-9,16-17H,10-15H2,1-3H3. The van der Waals surface area contributed by atoms with Gasteiger partial charge in [0.2, 0.25) is 5.91 Å². The predicted molar refractivity (Wildman–Crippen MR) is 122 cm³/mol. The van der Waals surface area contributed by atoms with E-state index < -0.39 is 0 Å². The quantitative estimate of drug-likeness (QED) is 0.598. The Bertz CT molecular complexity index is 1050. The molecule has 0 unspecified atom stereocenters. The summed E-state index contributed by atoms with van der Waals surface area (Å²) in [5.74, 6) is 2.19. The lowest BCUT2D eigenvalue weighted by Gasteiger charge is -2.37. The van der Waals surface area contributed by atoms with E-state index in [2.05, 4.69) is 41.9 Å². The summed E-state index contributed by atoms with van der Waals surface area (Å²) in [6.07, 6.45) is 2.61. The van der Waals surface area contributed by atoms with Crippen molar-refractivity contribution in [2.45, 2.75) is 26.7 Å². The maximum absolute atomic E-state index is 12.7. The molecule has 1 saturated heterocycles. The van der Waals surface area contributed by atoms with E-state index in [0.717, 1.165) is 37.5 Å². The number of hydrogen-bond donors (Lipinski definition) is 0. The number of amides is 1. The van der Waals surface area contributed by atoms with Crippen molar-refractivity contribution in [2.75, 3.05) is 38.2 Å². The molecule has 1 fully saturated rings. The van der Waals surface area contributed by atoms with E-state index in [4.69, 9.17) is 9.15 Å². The molecule has 1 aromatic heterocycles. The molecule has 0 radical (unpaired) electrons. The third-order valence-electron chi connectivity index (χ3n) is 6.01. The largest absolute Gasteiger partial charge is 0.497 e. The zero-order valence-electron chi connectivity index (χ0n) is 18.4. The Morgan fingerprint density at radius 1 is 1.10 bits per heavy atom. The first-order chi connectivity index (χ1) is 15.0. The Morgan fingerprint density at radius 2 is 1.87 bits per heavy atom. The molecule has 4 rings (SSSR count). The molecule has 0 aliphatic carbocycles. The van der Waals surface area contributed by atoms with Gasteiger partial charge in [-0.1, -0.05) is 24.3 Å². The van der Waals surface area contributed by atoms with Crippen molar-refractivity contribution in [1.29, 1.82) is 0 Å². The summed E-state index contributed by atoms with van der Waals surface area (Å²) in [6, 6.07) is 14.1. The molecule has 1 amide bonds. The van der Waals surface area contributed by atoms with Crippen LogP contribution >= 0.6 is 0 Å². The Morgan fingerprint density at radius 3 is 2.65 bits per heavy atom. The van der Waals surface area contributed by atoms with E-state index in [9.17, 15) is 4.79 Å². The molecule has 0 bridgehead atoms. The first kappa shape index (κ1) is 21.0. The Kier molecular flexibility index (Phi) is 6.26. The fourth-order valence-electron chi connectivity index (χ4n) is 3.98. The number of aromatic nitrogens is 1. The molecule has 1 aliphatic rings. The maximum atomic E-state index is 12.7. The van der Waals surface area contributed by atoms with Crippen molar-refractivity contribution in [3.05, 3.63) is 65.7 Å². The number of methoxy groups -OCH3 is 1. The van der Waals surface area contributed by atoms with Crippen molar-refractivity contribution in [3.8, 4) is 17.1 Å². The summed E-state index contributed by atoms with van der Waals surface area (Å²) < 4.78 is 11.1. The summed E-state index contributed by atoms with van der Waals surface area (Å²) in [7, 11) is 1.64. The van der Waals surface area contributed by atoms with Crippen LogP contribution in [0.4, 0.5) is 5.69 Å². The van der Waals surface area contributed by atoms with Crippen LogP contribution in [-0.4, -0.2) is 49.1 Å². The van der Waals surface area contributed by atoms with Crippen molar-refractivity contribution in [1.82, 2.24) is 9.88 Å². The van der Waals surface area contributed by atoms with Crippen LogP contribution < -0.4 is 9.64 Å². The Labute approximate surface area is 183 Å². The second kappa shape index (κ2) is 9.25. The molecule has 0 N–H and O–H groups in total. The van der Waals surface area contributed by atoms with Gasteiger partial charge >= 0.3 is 0 Å². The first-order valence-corrected chi connectivity index (χ1v) is 10.7. The molecule has 1 aliphatic heterocycles. The molecule has 6 nitrogen and oxygen atoms in total. The third-order valence-corrected chi connectivity index (χ3v) is 6.01. The van der Waals surface area contributed by atoms with Crippen LogP contribution in [0.25, 0.3) is 11.3 Å². The number of carbonyl (C=O) groups excluding carboxylic acids is 1. The number of benzene rings is 2. The summed E-state index contributed by atoms with van der Waals surface area (Å²) in [5, 5.41) is 0. The van der Waals surface area contributed by atoms with Gasteiger partial charge in [0, 0.05) is 50.3 Å². The molecule has 6 heteroatoms. The van der Waals surface area contributed by atoms with Gasteiger partial charge in [-0.25, -0.2) is 4.98 Å². The molecule has 0 spiro atoms. The minimum Gasteiger partial charge on any atom is -0.497 e. The maximum Gasteiger partial charge on any atom is 0.223 e. The average Bonchev–Trinajstić information content (AvgIpc) is 3.29. The van der Waals surface area contributed by atoms with Gasteiger partial charge in [-0.2, -0.15) is 0 Å². The number of ether oxygens (including phenoxy) is 1. The fraction of sp³-hybridized carbons (Fsp3) is 0.360. The highest BCUT2D eigenvalue weighted by atomic mass is 16.5. The van der Waals surface area contributed by atoms with E-state index in [1.54, 1.807) is 13.3 Å². The summed E-state index contributed by atoms with van der Waals surface area (Å²) in [4.78, 5) is 21.4. The zero-order valence-corrected chi connectivity index (χ0v) is 18.4. The molecular formula is C25H29N3O3. The topological polar surface area (TPSA) is 58.8 Å². The highest BCUT2D eigenvalue weighted by Gasteiger charge is 2.22. The molecule has 162 valence electrons. The van der Waals surface area contributed by atoms with Gasteiger partial charge in [-0.15, -0.1) is 0 Å². The molecule has 3 aromatic rings. The van der Waals surface area contributed by atoms with Crippen molar-refractivity contribution in [3.63, 3.8) is 0 Å². The number of piperazine rings is 1. The van der Waals surface area contributed by atoms with Gasteiger partial charge in [0.15, 0.2) is 11.7 Å². The van der Waals surface area contributed by atoms with Crippen LogP contribution in [-0.2, 0) is 11.2 Å². The normalized spacial score (nSPS) is 14.0. The molecular weight excluding hydrogens is 390 g/mol. The average molecular weight is 420 g/mol. The minimum absolute atomic E-state index is 0.154. The SMILES string of the molecule is COc1cccc(-c2cnc(CCC(=O)N3CCN(c4cccc(C)c4C)CC3)o2)c1. The van der Waals surface area contributed by atoms with E-state index >= 15 is 0 Å². The molecule has 2 aromatic carbocycles. The number of rotatable bonds is 6. The van der Waals surface area contributed by atoms with Gasteiger partial charge in [0.1, 0.15) is 5.75 Å².